The zero-order valence-corrected chi connectivity index (χ0v) is 13.7. The van der Waals surface area contributed by atoms with Crippen molar-refractivity contribution in [3.05, 3.63) is 59.9 Å². The van der Waals surface area contributed by atoms with E-state index >= 15 is 0 Å². The van der Waals surface area contributed by atoms with Gasteiger partial charge in [0.2, 0.25) is 10.0 Å². The van der Waals surface area contributed by atoms with Gasteiger partial charge in [-0.3, -0.25) is 4.79 Å². The van der Waals surface area contributed by atoms with Gasteiger partial charge in [-0.1, -0.05) is 24.3 Å². The van der Waals surface area contributed by atoms with E-state index < -0.39 is 21.7 Å². The molecule has 2 aromatic rings. The second-order valence-corrected chi connectivity index (χ2v) is 6.68. The molecular formula is C16H17FN2O4S. The summed E-state index contributed by atoms with van der Waals surface area (Å²) in [6.45, 7) is 1.40. The Kier molecular flexibility index (Phi) is 5.53. The fourth-order valence-electron chi connectivity index (χ4n) is 2.02. The highest BCUT2D eigenvalue weighted by Gasteiger charge is 2.13. The number of ether oxygens (including phenoxy) is 1. The van der Waals surface area contributed by atoms with Crippen molar-refractivity contribution < 1.29 is 22.3 Å². The highest BCUT2D eigenvalue weighted by molar-refractivity contribution is 7.89. The Bertz CT molecular complexity index is 822. The molecule has 2 aromatic carbocycles. The van der Waals surface area contributed by atoms with E-state index in [2.05, 4.69) is 5.32 Å². The van der Waals surface area contributed by atoms with Crippen LogP contribution < -0.4 is 15.2 Å². The van der Waals surface area contributed by atoms with Crippen molar-refractivity contribution in [3.63, 3.8) is 0 Å². The van der Waals surface area contributed by atoms with Gasteiger partial charge in [0.1, 0.15) is 0 Å². The standard InChI is InChI=1S/C16H17FN2O4S/c1-11(12-6-8-13(9-7-12)24(18,21)22)19-16(20)10-23-15-5-3-2-4-14(15)17/h2-9,11H,10H2,1H3,(H,19,20)(H2,18,21,22). The van der Waals surface area contributed by atoms with Gasteiger partial charge in [-0.2, -0.15) is 0 Å². The van der Waals surface area contributed by atoms with E-state index in [1.165, 1.54) is 30.3 Å². The van der Waals surface area contributed by atoms with Gasteiger partial charge in [-0.05, 0) is 36.8 Å². The van der Waals surface area contributed by atoms with Crippen molar-refractivity contribution in [1.29, 1.82) is 0 Å². The zero-order valence-electron chi connectivity index (χ0n) is 12.9. The van der Waals surface area contributed by atoms with Crippen LogP contribution in [0.15, 0.2) is 53.4 Å². The third-order valence-electron chi connectivity index (χ3n) is 3.28. The summed E-state index contributed by atoms with van der Waals surface area (Å²) >= 11 is 0. The Balaban J connectivity index is 1.93. The molecule has 6 nitrogen and oxygen atoms in total. The molecule has 0 spiro atoms. The van der Waals surface area contributed by atoms with Gasteiger partial charge in [0, 0.05) is 0 Å². The number of primary sulfonamides is 1. The lowest BCUT2D eigenvalue weighted by Crippen LogP contribution is -2.31. The second kappa shape index (κ2) is 7.41. The summed E-state index contributed by atoms with van der Waals surface area (Å²) in [5, 5.41) is 7.70. The fourth-order valence-corrected chi connectivity index (χ4v) is 2.53. The summed E-state index contributed by atoms with van der Waals surface area (Å²) in [6, 6.07) is 11.3. The third kappa shape index (κ3) is 4.77. The lowest BCUT2D eigenvalue weighted by molar-refractivity contribution is -0.123. The van der Waals surface area contributed by atoms with Crippen molar-refractivity contribution in [2.24, 2.45) is 5.14 Å². The maximum atomic E-state index is 13.4. The number of para-hydroxylation sites is 1. The van der Waals surface area contributed by atoms with E-state index in [0.717, 1.165) is 0 Å². The minimum Gasteiger partial charge on any atom is -0.481 e. The van der Waals surface area contributed by atoms with Crippen LogP contribution in [-0.2, 0) is 14.8 Å². The molecule has 0 heterocycles. The van der Waals surface area contributed by atoms with Crippen LogP contribution in [0.1, 0.15) is 18.5 Å². The van der Waals surface area contributed by atoms with E-state index in [9.17, 15) is 17.6 Å². The molecule has 0 aliphatic heterocycles. The highest BCUT2D eigenvalue weighted by atomic mass is 32.2. The predicted molar refractivity (Wildman–Crippen MR) is 86.3 cm³/mol. The Morgan fingerprint density at radius 1 is 1.21 bits per heavy atom. The lowest BCUT2D eigenvalue weighted by Gasteiger charge is -2.15. The number of sulfonamides is 1. The van der Waals surface area contributed by atoms with Gasteiger partial charge in [0.25, 0.3) is 5.91 Å². The van der Waals surface area contributed by atoms with Crippen molar-refractivity contribution in [3.8, 4) is 5.75 Å². The molecule has 0 aliphatic carbocycles. The van der Waals surface area contributed by atoms with Crippen molar-refractivity contribution in [1.82, 2.24) is 5.32 Å². The molecule has 1 unspecified atom stereocenters. The lowest BCUT2D eigenvalue weighted by atomic mass is 10.1. The summed E-state index contributed by atoms with van der Waals surface area (Å²) in [5.41, 5.74) is 0.696. The number of hydrogen-bond donors (Lipinski definition) is 2. The van der Waals surface area contributed by atoms with Gasteiger partial charge >= 0.3 is 0 Å². The molecule has 3 N–H and O–H groups in total. The predicted octanol–water partition coefficient (Wildman–Crippen LogP) is 1.73. The number of hydrogen-bond acceptors (Lipinski definition) is 4. The molecule has 0 saturated carbocycles. The molecule has 0 aliphatic rings. The molecule has 0 fully saturated rings. The summed E-state index contributed by atoms with van der Waals surface area (Å²) in [7, 11) is -3.75. The Morgan fingerprint density at radius 3 is 2.42 bits per heavy atom. The van der Waals surface area contributed by atoms with Gasteiger partial charge in [0.05, 0.1) is 10.9 Å². The van der Waals surface area contributed by atoms with Crippen LogP contribution in [-0.4, -0.2) is 20.9 Å². The molecular weight excluding hydrogens is 335 g/mol. The number of benzene rings is 2. The van der Waals surface area contributed by atoms with E-state index in [4.69, 9.17) is 9.88 Å². The first-order valence-corrected chi connectivity index (χ1v) is 8.61. The zero-order chi connectivity index (χ0) is 17.7. The Hall–Kier alpha value is -2.45. The number of carbonyl (C=O) groups is 1. The molecule has 8 heteroatoms. The van der Waals surface area contributed by atoms with Crippen LogP contribution in [0.5, 0.6) is 5.75 Å². The number of rotatable bonds is 6. The smallest absolute Gasteiger partial charge is 0.258 e. The molecule has 24 heavy (non-hydrogen) atoms. The molecule has 128 valence electrons. The number of nitrogens with two attached hydrogens (primary N) is 1. The van der Waals surface area contributed by atoms with E-state index in [1.54, 1.807) is 25.1 Å². The topological polar surface area (TPSA) is 98.5 Å². The first kappa shape index (κ1) is 17.9. The number of halogens is 1. The van der Waals surface area contributed by atoms with Crippen molar-refractivity contribution >= 4 is 15.9 Å². The quantitative estimate of drug-likeness (QED) is 0.827. The number of amides is 1. The van der Waals surface area contributed by atoms with Crippen molar-refractivity contribution in [2.75, 3.05) is 6.61 Å². The normalized spacial score (nSPS) is 12.5. The SMILES string of the molecule is CC(NC(=O)COc1ccccc1F)c1ccc(S(N)(=O)=O)cc1. The average Bonchev–Trinajstić information content (AvgIpc) is 2.53. The molecule has 0 bridgehead atoms. The molecule has 1 amide bonds. The van der Waals surface area contributed by atoms with Crippen LogP contribution >= 0.6 is 0 Å². The Morgan fingerprint density at radius 2 is 1.83 bits per heavy atom. The van der Waals surface area contributed by atoms with E-state index in [1.807, 2.05) is 0 Å². The van der Waals surface area contributed by atoms with Crippen molar-refractivity contribution in [2.45, 2.75) is 17.9 Å². The monoisotopic (exact) mass is 352 g/mol. The average molecular weight is 352 g/mol. The summed E-state index contributed by atoms with van der Waals surface area (Å²) in [5.74, 6) is -0.976. The fraction of sp³-hybridized carbons (Fsp3) is 0.188. The van der Waals surface area contributed by atoms with Gasteiger partial charge in [-0.25, -0.2) is 17.9 Å². The third-order valence-corrected chi connectivity index (χ3v) is 4.21. The maximum absolute atomic E-state index is 13.4. The summed E-state index contributed by atoms with van der Waals surface area (Å²) < 4.78 is 40.9. The minimum atomic E-state index is -3.75. The summed E-state index contributed by atoms with van der Waals surface area (Å²) in [4.78, 5) is 11.9. The first-order valence-electron chi connectivity index (χ1n) is 7.07. The van der Waals surface area contributed by atoms with Crippen LogP contribution in [0.3, 0.4) is 0 Å². The minimum absolute atomic E-state index is 0.00203. The van der Waals surface area contributed by atoms with Gasteiger partial charge in [-0.15, -0.1) is 0 Å². The number of carbonyl (C=O) groups excluding carboxylic acids is 1. The highest BCUT2D eigenvalue weighted by Crippen LogP contribution is 2.17. The first-order chi connectivity index (χ1) is 11.3. The van der Waals surface area contributed by atoms with Gasteiger partial charge < -0.3 is 10.1 Å². The molecule has 1 atom stereocenters. The maximum Gasteiger partial charge on any atom is 0.258 e. The van der Waals surface area contributed by atoms with Crippen LogP contribution in [0, 0.1) is 5.82 Å². The molecule has 0 saturated heterocycles. The van der Waals surface area contributed by atoms with Crippen LogP contribution in [0.25, 0.3) is 0 Å². The second-order valence-electron chi connectivity index (χ2n) is 5.12. The van der Waals surface area contributed by atoms with Crippen LogP contribution in [0.4, 0.5) is 4.39 Å². The van der Waals surface area contributed by atoms with E-state index in [-0.39, 0.29) is 23.3 Å². The molecule has 2 rings (SSSR count). The van der Waals surface area contributed by atoms with E-state index in [0.29, 0.717) is 5.56 Å². The molecule has 0 radical (unpaired) electrons. The largest absolute Gasteiger partial charge is 0.481 e. The van der Waals surface area contributed by atoms with Crippen LogP contribution in [0.2, 0.25) is 0 Å². The van der Waals surface area contributed by atoms with Gasteiger partial charge in [0.15, 0.2) is 18.2 Å². The molecule has 0 aromatic heterocycles. The number of nitrogens with one attached hydrogen (secondary N) is 1. The summed E-state index contributed by atoms with van der Waals surface area (Å²) in [6.07, 6.45) is 0. The Labute approximate surface area is 139 Å².